The fraction of sp³-hybridized carbons (Fsp3) is 0.351. The molecular weight excluding hydrogens is 492 g/mol. The Hall–Kier alpha value is -3.72. The Bertz CT molecular complexity index is 1060. The Morgan fingerprint density at radius 1 is 0.750 bits per heavy atom. The van der Waals surface area contributed by atoms with Crippen LogP contribution < -0.4 is 0 Å². The molecule has 0 unspecified atom stereocenters. The zero-order valence-corrected chi connectivity index (χ0v) is 27.4. The lowest BCUT2D eigenvalue weighted by atomic mass is 10.0. The fourth-order valence-electron chi connectivity index (χ4n) is 2.32. The smallest absolute Gasteiger partial charge is 0.307 e. The lowest BCUT2D eigenvalue weighted by molar-refractivity contribution is -0.136. The monoisotopic (exact) mass is 548 g/mol. The Morgan fingerprint density at radius 2 is 1.12 bits per heavy atom. The minimum Gasteiger partial charge on any atom is -0.481 e. The van der Waals surface area contributed by atoms with Crippen molar-refractivity contribution < 1.29 is 14.7 Å². The summed E-state index contributed by atoms with van der Waals surface area (Å²) in [6.07, 6.45) is 5.55. The van der Waals surface area contributed by atoms with Gasteiger partial charge in [-0.3, -0.25) is 9.59 Å². The van der Waals surface area contributed by atoms with Crippen molar-refractivity contribution in [1.82, 2.24) is 0 Å². The van der Waals surface area contributed by atoms with Gasteiger partial charge in [-0.1, -0.05) is 105 Å². The van der Waals surface area contributed by atoms with Gasteiger partial charge in [0, 0.05) is 5.57 Å². The first-order chi connectivity index (χ1) is 18.6. The molecule has 1 N–H and O–H groups in total. The lowest BCUT2D eigenvalue weighted by Crippen LogP contribution is -1.93. The highest BCUT2D eigenvalue weighted by Crippen LogP contribution is 2.16. The summed E-state index contributed by atoms with van der Waals surface area (Å²) in [5.74, 6) is -0.782. The maximum Gasteiger partial charge on any atom is 0.307 e. The summed E-state index contributed by atoms with van der Waals surface area (Å²) in [5.41, 5.74) is 9.33. The lowest BCUT2D eigenvalue weighted by Gasteiger charge is -2.03. The predicted molar refractivity (Wildman–Crippen MR) is 180 cm³/mol. The predicted octanol–water partition coefficient (Wildman–Crippen LogP) is 11.1. The molecule has 0 atom stereocenters. The summed E-state index contributed by atoms with van der Waals surface area (Å²) in [5, 5.41) is 8.17. The summed E-state index contributed by atoms with van der Waals surface area (Å²) < 4.78 is 0. The van der Waals surface area contributed by atoms with E-state index in [-0.39, 0.29) is 12.2 Å². The number of carboxylic acid groups (broad SMARTS) is 1. The average Bonchev–Trinajstić information content (AvgIpc) is 2.91. The number of benzene rings is 2. The third-order valence-corrected chi connectivity index (χ3v) is 5.05. The Balaban J connectivity index is -0.000000205. The third kappa shape index (κ3) is 28.8. The zero-order valence-electron chi connectivity index (χ0n) is 27.4. The van der Waals surface area contributed by atoms with Crippen LogP contribution in [0, 0.1) is 20.8 Å². The first kappa shape index (κ1) is 43.3. The van der Waals surface area contributed by atoms with E-state index >= 15 is 0 Å². The van der Waals surface area contributed by atoms with Gasteiger partial charge in [0.1, 0.15) is 0 Å². The second-order valence-electron chi connectivity index (χ2n) is 9.07. The van der Waals surface area contributed by atoms with Crippen LogP contribution in [0.4, 0.5) is 0 Å². The molecule has 0 spiro atoms. The first-order valence-corrected chi connectivity index (χ1v) is 13.6. The molecule has 0 saturated carbocycles. The van der Waals surface area contributed by atoms with Gasteiger partial charge in [0.15, 0.2) is 5.78 Å². The summed E-state index contributed by atoms with van der Waals surface area (Å²) >= 11 is 0. The van der Waals surface area contributed by atoms with Gasteiger partial charge in [-0.15, -0.1) is 6.58 Å². The van der Waals surface area contributed by atoms with Crippen molar-refractivity contribution in [2.75, 3.05) is 0 Å². The number of carboxylic acids is 1. The van der Waals surface area contributed by atoms with E-state index in [1.165, 1.54) is 46.4 Å². The van der Waals surface area contributed by atoms with Crippen molar-refractivity contribution in [3.05, 3.63) is 125 Å². The van der Waals surface area contributed by atoms with Gasteiger partial charge in [0.2, 0.25) is 0 Å². The number of aryl methyl sites for hydroxylation is 3. The average molecular weight is 549 g/mol. The Labute approximate surface area is 246 Å². The van der Waals surface area contributed by atoms with Gasteiger partial charge in [0.05, 0.1) is 6.42 Å². The number of aliphatic carboxylic acids is 1. The fourth-order valence-corrected chi connectivity index (χ4v) is 2.32. The molecule has 0 heterocycles. The van der Waals surface area contributed by atoms with Crippen LogP contribution in [-0.2, 0) is 9.59 Å². The highest BCUT2D eigenvalue weighted by Gasteiger charge is 1.96. The summed E-state index contributed by atoms with van der Waals surface area (Å²) in [6.45, 7) is 34.0. The van der Waals surface area contributed by atoms with E-state index in [4.69, 9.17) is 5.11 Å². The summed E-state index contributed by atoms with van der Waals surface area (Å²) in [6, 6.07) is 16.8. The largest absolute Gasteiger partial charge is 0.481 e. The highest BCUT2D eigenvalue weighted by molar-refractivity contribution is 5.95. The van der Waals surface area contributed by atoms with Crippen LogP contribution in [0.3, 0.4) is 0 Å². The van der Waals surface area contributed by atoms with E-state index in [2.05, 4.69) is 109 Å². The Kier molecular flexibility index (Phi) is 30.7. The van der Waals surface area contributed by atoms with Crippen molar-refractivity contribution in [2.45, 2.75) is 89.5 Å². The van der Waals surface area contributed by atoms with E-state index in [0.717, 1.165) is 5.57 Å². The number of hydrogen-bond donors (Lipinski definition) is 1. The van der Waals surface area contributed by atoms with Crippen molar-refractivity contribution in [3.63, 3.8) is 0 Å². The van der Waals surface area contributed by atoms with Gasteiger partial charge in [-0.2, -0.15) is 0 Å². The molecule has 2 rings (SSSR count). The molecule has 2 aromatic rings. The van der Waals surface area contributed by atoms with Crippen LogP contribution >= 0.6 is 0 Å². The standard InChI is InChI=1S/C11H14.C8H10.C6H10O2.C6H8O.C4H8.C2H6/c1-4-9(2)11-8-6-5-7-10(11)3;1-7-5-3-4-6-8(7)2;1-3-5(2)4-6(7)8;1-4-5(2)6(3)7;1-4(2)3;1-2/h4-8H,1-3H3;3-6H,1-2H3;3H,4H2,1-2H3,(H,7,8);4H,1-2H2,3H3;1H2,2-3H3;1-2H3/b9-4+;;5-3+;;;. The van der Waals surface area contributed by atoms with Gasteiger partial charge in [0.25, 0.3) is 0 Å². The molecule has 0 saturated heterocycles. The van der Waals surface area contributed by atoms with Crippen LogP contribution in [0.2, 0.25) is 0 Å². The molecule has 0 aliphatic rings. The molecule has 40 heavy (non-hydrogen) atoms. The van der Waals surface area contributed by atoms with E-state index in [0.29, 0.717) is 5.57 Å². The highest BCUT2D eigenvalue weighted by atomic mass is 16.4. The van der Waals surface area contributed by atoms with Crippen molar-refractivity contribution in [3.8, 4) is 0 Å². The number of rotatable bonds is 5. The van der Waals surface area contributed by atoms with E-state index in [1.807, 2.05) is 34.6 Å². The van der Waals surface area contributed by atoms with Crippen LogP contribution in [0.1, 0.15) is 91.0 Å². The maximum absolute atomic E-state index is 10.2. The van der Waals surface area contributed by atoms with Crippen LogP contribution in [-0.4, -0.2) is 16.9 Å². The molecule has 0 radical (unpaired) electrons. The van der Waals surface area contributed by atoms with Gasteiger partial charge >= 0.3 is 5.97 Å². The molecule has 0 aromatic heterocycles. The molecule has 0 bridgehead atoms. The van der Waals surface area contributed by atoms with Crippen molar-refractivity contribution in [2.24, 2.45) is 0 Å². The molecule has 0 amide bonds. The molecule has 222 valence electrons. The van der Waals surface area contributed by atoms with Crippen LogP contribution in [0.25, 0.3) is 5.57 Å². The maximum atomic E-state index is 10.2. The first-order valence-electron chi connectivity index (χ1n) is 13.6. The Morgan fingerprint density at radius 3 is 1.32 bits per heavy atom. The minimum absolute atomic E-state index is 0.0185. The molecule has 2 aromatic carbocycles. The SMILES string of the molecule is C/C=C(\C)CC(=O)O.C/C=C(\C)c1ccccc1C.C=C(C)C.C=CC(=C)C(C)=O.CC.Cc1ccccc1C. The second kappa shape index (κ2) is 28.3. The minimum atomic E-state index is -0.763. The van der Waals surface area contributed by atoms with Gasteiger partial charge < -0.3 is 5.11 Å². The van der Waals surface area contributed by atoms with E-state index in [9.17, 15) is 9.59 Å². The quantitative estimate of drug-likeness (QED) is 0.230. The molecule has 0 fully saturated rings. The zero-order chi connectivity index (χ0) is 32.3. The second-order valence-corrected chi connectivity index (χ2v) is 9.07. The number of carbonyl (C=O) groups is 2. The van der Waals surface area contributed by atoms with Gasteiger partial charge in [-0.25, -0.2) is 0 Å². The van der Waals surface area contributed by atoms with Crippen molar-refractivity contribution in [1.29, 1.82) is 0 Å². The number of allylic oxidation sites excluding steroid dienone is 6. The number of carbonyl (C=O) groups excluding carboxylic acids is 1. The molecular formula is C37H56O3. The van der Waals surface area contributed by atoms with E-state index in [1.54, 1.807) is 13.0 Å². The van der Waals surface area contributed by atoms with Crippen LogP contribution in [0.5, 0.6) is 0 Å². The summed E-state index contributed by atoms with van der Waals surface area (Å²) in [7, 11) is 0. The van der Waals surface area contributed by atoms with Gasteiger partial charge in [-0.05, 0) is 97.1 Å². The summed E-state index contributed by atoms with van der Waals surface area (Å²) in [4.78, 5) is 20.1. The number of hydrogen-bond acceptors (Lipinski definition) is 2. The molecule has 3 heteroatoms. The molecule has 0 aliphatic carbocycles. The number of Topliss-reactive ketones (excluding diaryl/α,β-unsaturated/α-hetero) is 1. The van der Waals surface area contributed by atoms with Crippen molar-refractivity contribution >= 4 is 17.3 Å². The third-order valence-electron chi connectivity index (χ3n) is 5.05. The molecule has 3 nitrogen and oxygen atoms in total. The van der Waals surface area contributed by atoms with Crippen LogP contribution in [0.15, 0.2) is 103 Å². The normalized spacial score (nSPS) is 9.50. The molecule has 0 aliphatic heterocycles. The number of ketones is 1. The topological polar surface area (TPSA) is 54.4 Å². The van der Waals surface area contributed by atoms with E-state index < -0.39 is 5.97 Å².